The fourth-order valence-corrected chi connectivity index (χ4v) is 2.62. The van der Waals surface area contributed by atoms with Crippen LogP contribution in [0.5, 0.6) is 0 Å². The third-order valence-electron chi connectivity index (χ3n) is 3.63. The Hall–Kier alpha value is -0.570. The van der Waals surface area contributed by atoms with Gasteiger partial charge in [-0.2, -0.15) is 0 Å². The fourth-order valence-electron chi connectivity index (χ4n) is 2.62. The molecule has 0 heterocycles. The average molecular weight is 213 g/mol. The van der Waals surface area contributed by atoms with Crippen molar-refractivity contribution in [3.63, 3.8) is 0 Å². The zero-order chi connectivity index (χ0) is 11.6. The average Bonchev–Trinajstić information content (AvgIpc) is 1.98. The zero-order valence-electron chi connectivity index (χ0n) is 10.3. The maximum Gasteiger partial charge on any atom is 0.311 e. The molecule has 1 saturated carbocycles. The van der Waals surface area contributed by atoms with Gasteiger partial charge in [0.15, 0.2) is 0 Å². The van der Waals surface area contributed by atoms with E-state index in [-0.39, 0.29) is 6.04 Å². The van der Waals surface area contributed by atoms with Crippen molar-refractivity contribution in [1.82, 2.24) is 4.90 Å². The molecule has 15 heavy (non-hydrogen) atoms. The van der Waals surface area contributed by atoms with E-state index in [1.807, 2.05) is 14.1 Å². The molecule has 1 aliphatic rings. The number of hydrogen-bond donors (Lipinski definition) is 1. The molecule has 3 heteroatoms. The second-order valence-electron chi connectivity index (χ2n) is 5.42. The minimum atomic E-state index is -0.604. The first-order chi connectivity index (χ1) is 6.90. The first-order valence-electron chi connectivity index (χ1n) is 5.80. The number of hydrogen-bond acceptors (Lipinski definition) is 2. The molecule has 0 aliphatic heterocycles. The van der Waals surface area contributed by atoms with Crippen molar-refractivity contribution < 1.29 is 9.90 Å². The standard InChI is InChI=1S/C12H23NO2/c1-9(2)8-10(13(3)4)12(11(14)15)6-5-7-12/h9-10H,5-8H2,1-4H3,(H,14,15). The molecule has 3 nitrogen and oxygen atoms in total. The van der Waals surface area contributed by atoms with Gasteiger partial charge in [-0.15, -0.1) is 0 Å². The third kappa shape index (κ3) is 2.33. The summed E-state index contributed by atoms with van der Waals surface area (Å²) in [5.74, 6) is -0.0534. The van der Waals surface area contributed by atoms with Crippen LogP contribution in [-0.4, -0.2) is 36.1 Å². The fraction of sp³-hybridized carbons (Fsp3) is 0.917. The first-order valence-corrected chi connectivity index (χ1v) is 5.80. The molecule has 1 fully saturated rings. The number of carboxylic acid groups (broad SMARTS) is 1. The monoisotopic (exact) mass is 213 g/mol. The van der Waals surface area contributed by atoms with Crippen molar-refractivity contribution in [3.05, 3.63) is 0 Å². The number of rotatable bonds is 5. The van der Waals surface area contributed by atoms with Crippen molar-refractivity contribution in [1.29, 1.82) is 0 Å². The molecule has 1 aliphatic carbocycles. The van der Waals surface area contributed by atoms with Gasteiger partial charge < -0.3 is 10.0 Å². The smallest absolute Gasteiger partial charge is 0.311 e. The van der Waals surface area contributed by atoms with Crippen LogP contribution in [0, 0.1) is 11.3 Å². The molecule has 0 saturated heterocycles. The quantitative estimate of drug-likeness (QED) is 0.761. The van der Waals surface area contributed by atoms with E-state index in [1.54, 1.807) is 0 Å². The Labute approximate surface area is 92.5 Å². The lowest BCUT2D eigenvalue weighted by molar-refractivity contribution is -0.161. The predicted molar refractivity (Wildman–Crippen MR) is 60.8 cm³/mol. The van der Waals surface area contributed by atoms with Gasteiger partial charge in [0, 0.05) is 6.04 Å². The lowest BCUT2D eigenvalue weighted by atomic mass is 9.62. The van der Waals surface area contributed by atoms with E-state index in [4.69, 9.17) is 0 Å². The molecule has 0 spiro atoms. The molecule has 0 aromatic rings. The van der Waals surface area contributed by atoms with Gasteiger partial charge in [0.25, 0.3) is 0 Å². The Morgan fingerprint density at radius 1 is 1.40 bits per heavy atom. The second kappa shape index (κ2) is 4.52. The summed E-state index contributed by atoms with van der Waals surface area (Å²) in [6, 6.07) is 0.184. The van der Waals surface area contributed by atoms with Crippen molar-refractivity contribution in [2.45, 2.75) is 45.6 Å². The van der Waals surface area contributed by atoms with E-state index >= 15 is 0 Å². The summed E-state index contributed by atoms with van der Waals surface area (Å²) in [5, 5.41) is 9.39. The van der Waals surface area contributed by atoms with Crippen molar-refractivity contribution in [2.75, 3.05) is 14.1 Å². The number of carbonyl (C=O) groups is 1. The first kappa shape index (κ1) is 12.5. The summed E-state index contributed by atoms with van der Waals surface area (Å²) in [5.41, 5.74) is -0.465. The van der Waals surface area contributed by atoms with Crippen LogP contribution in [-0.2, 0) is 4.79 Å². The number of aliphatic carboxylic acids is 1. The minimum absolute atomic E-state index is 0.184. The van der Waals surface area contributed by atoms with Gasteiger partial charge in [0.05, 0.1) is 5.41 Å². The van der Waals surface area contributed by atoms with Crippen molar-refractivity contribution in [3.8, 4) is 0 Å². The van der Waals surface area contributed by atoms with Crippen LogP contribution in [0.3, 0.4) is 0 Å². The van der Waals surface area contributed by atoms with Gasteiger partial charge in [-0.3, -0.25) is 4.79 Å². The van der Waals surface area contributed by atoms with Crippen LogP contribution in [0.4, 0.5) is 0 Å². The lowest BCUT2D eigenvalue weighted by Gasteiger charge is -2.47. The van der Waals surface area contributed by atoms with Gasteiger partial charge in [0.2, 0.25) is 0 Å². The van der Waals surface area contributed by atoms with Gasteiger partial charge in [0.1, 0.15) is 0 Å². The normalized spacial score (nSPS) is 21.5. The molecule has 1 unspecified atom stereocenters. The summed E-state index contributed by atoms with van der Waals surface area (Å²) >= 11 is 0. The molecule has 0 aromatic carbocycles. The molecular formula is C12H23NO2. The van der Waals surface area contributed by atoms with Crippen LogP contribution in [0.25, 0.3) is 0 Å². The van der Waals surface area contributed by atoms with E-state index in [0.29, 0.717) is 5.92 Å². The van der Waals surface area contributed by atoms with E-state index in [1.165, 1.54) is 0 Å². The van der Waals surface area contributed by atoms with E-state index < -0.39 is 11.4 Å². The molecule has 1 atom stereocenters. The summed E-state index contributed by atoms with van der Waals surface area (Å²) in [6.45, 7) is 4.31. The van der Waals surface area contributed by atoms with Crippen LogP contribution < -0.4 is 0 Å². The Kier molecular flexibility index (Phi) is 3.77. The van der Waals surface area contributed by atoms with E-state index in [0.717, 1.165) is 25.7 Å². The topological polar surface area (TPSA) is 40.5 Å². The van der Waals surface area contributed by atoms with Gasteiger partial charge in [-0.25, -0.2) is 0 Å². The largest absolute Gasteiger partial charge is 0.481 e. The molecule has 1 N–H and O–H groups in total. The molecular weight excluding hydrogens is 190 g/mol. The summed E-state index contributed by atoms with van der Waals surface area (Å²) in [7, 11) is 3.99. The Morgan fingerprint density at radius 2 is 1.93 bits per heavy atom. The molecule has 0 aromatic heterocycles. The van der Waals surface area contributed by atoms with Crippen LogP contribution in [0.15, 0.2) is 0 Å². The summed E-state index contributed by atoms with van der Waals surface area (Å²) in [6.07, 6.45) is 3.73. The summed E-state index contributed by atoms with van der Waals surface area (Å²) in [4.78, 5) is 13.5. The maximum absolute atomic E-state index is 11.4. The SMILES string of the molecule is CC(C)CC(N(C)C)C1(C(=O)O)CCC1. The zero-order valence-corrected chi connectivity index (χ0v) is 10.3. The van der Waals surface area contributed by atoms with Gasteiger partial charge in [-0.05, 0) is 39.3 Å². The van der Waals surface area contributed by atoms with Crippen molar-refractivity contribution in [2.24, 2.45) is 11.3 Å². The molecule has 88 valence electrons. The highest BCUT2D eigenvalue weighted by atomic mass is 16.4. The van der Waals surface area contributed by atoms with Gasteiger partial charge >= 0.3 is 5.97 Å². The van der Waals surface area contributed by atoms with E-state index in [2.05, 4.69) is 18.7 Å². The van der Waals surface area contributed by atoms with Crippen molar-refractivity contribution >= 4 is 5.97 Å². The number of carboxylic acids is 1. The third-order valence-corrected chi connectivity index (χ3v) is 3.63. The Bertz CT molecular complexity index is 232. The lowest BCUT2D eigenvalue weighted by Crippen LogP contribution is -2.54. The van der Waals surface area contributed by atoms with Crippen LogP contribution >= 0.6 is 0 Å². The van der Waals surface area contributed by atoms with Crippen LogP contribution in [0.2, 0.25) is 0 Å². The maximum atomic E-state index is 11.4. The highest BCUT2D eigenvalue weighted by Gasteiger charge is 2.51. The Morgan fingerprint density at radius 3 is 2.13 bits per heavy atom. The van der Waals surface area contributed by atoms with E-state index in [9.17, 15) is 9.90 Å². The molecule has 0 bridgehead atoms. The minimum Gasteiger partial charge on any atom is -0.481 e. The summed E-state index contributed by atoms with van der Waals surface area (Å²) < 4.78 is 0. The van der Waals surface area contributed by atoms with Crippen LogP contribution in [0.1, 0.15) is 39.5 Å². The predicted octanol–water partition coefficient (Wildman–Crippen LogP) is 2.22. The Balaban J connectivity index is 2.81. The molecule has 1 rings (SSSR count). The highest BCUT2D eigenvalue weighted by molar-refractivity contribution is 5.76. The number of nitrogens with zero attached hydrogens (tertiary/aromatic N) is 1. The second-order valence-corrected chi connectivity index (χ2v) is 5.42. The molecule has 0 radical (unpaired) electrons. The van der Waals surface area contributed by atoms with Gasteiger partial charge in [-0.1, -0.05) is 20.3 Å². The highest BCUT2D eigenvalue weighted by Crippen LogP contribution is 2.47. The molecule has 0 amide bonds.